The molecule has 3 aromatic rings. The summed E-state index contributed by atoms with van der Waals surface area (Å²) in [4.78, 5) is 1.11. The largest absolute Gasteiger partial charge is 0.507 e. The lowest BCUT2D eigenvalue weighted by molar-refractivity contribution is 0.467. The van der Waals surface area contributed by atoms with Gasteiger partial charge in [0.2, 0.25) is 0 Å². The number of hydrogen-bond donors (Lipinski definition) is 2. The maximum Gasteiger partial charge on any atom is 0.126 e. The van der Waals surface area contributed by atoms with E-state index in [1.807, 2.05) is 84.0 Å². The molecule has 37 heavy (non-hydrogen) atoms. The summed E-state index contributed by atoms with van der Waals surface area (Å²) in [5, 5.41) is 9.21. The minimum absolute atomic E-state index is 0.414. The molecule has 0 bridgehead atoms. The summed E-state index contributed by atoms with van der Waals surface area (Å²) in [6.45, 7) is 15.4. The molecule has 2 unspecified atom stereocenters. The van der Waals surface area contributed by atoms with Gasteiger partial charge in [-0.2, -0.15) is 0 Å². The Balaban J connectivity index is 0. The Hall–Kier alpha value is -2.61. The number of phenolic OH excluding ortho intramolecular Hbond substituents is 1. The predicted octanol–water partition coefficient (Wildman–Crippen LogP) is 9.07. The molecule has 0 amide bonds. The molecular weight excluding hydrogens is 514 g/mol. The first kappa shape index (κ1) is 36.5. The Morgan fingerprint density at radius 2 is 1.08 bits per heavy atom. The Kier molecular flexibility index (Phi) is 23.5. The molecule has 3 nitrogen and oxygen atoms in total. The lowest BCUT2D eigenvalue weighted by atomic mass is 10.1. The van der Waals surface area contributed by atoms with Crippen LogP contribution in [0.3, 0.4) is 0 Å². The van der Waals surface area contributed by atoms with E-state index >= 15 is 0 Å². The van der Waals surface area contributed by atoms with Gasteiger partial charge in [-0.25, -0.2) is 0 Å². The van der Waals surface area contributed by atoms with E-state index in [2.05, 4.69) is 81.2 Å². The van der Waals surface area contributed by atoms with E-state index in [4.69, 9.17) is 9.05 Å². The van der Waals surface area contributed by atoms with Crippen LogP contribution in [0.4, 0.5) is 0 Å². The maximum atomic E-state index is 9.21. The number of aromatic hydroxyl groups is 1. The van der Waals surface area contributed by atoms with E-state index in [1.54, 1.807) is 6.07 Å². The highest BCUT2D eigenvalue weighted by molar-refractivity contribution is 7.80. The highest BCUT2D eigenvalue weighted by Crippen LogP contribution is 2.22. The van der Waals surface area contributed by atoms with Gasteiger partial charge in [0.05, 0.1) is 18.9 Å². The zero-order valence-corrected chi connectivity index (χ0v) is 26.6. The Morgan fingerprint density at radius 1 is 0.703 bits per heavy atom. The minimum Gasteiger partial charge on any atom is -0.507 e. The van der Waals surface area contributed by atoms with E-state index in [-0.39, 0.29) is 0 Å². The van der Waals surface area contributed by atoms with Crippen molar-refractivity contribution in [3.63, 3.8) is 0 Å². The molecule has 0 aliphatic carbocycles. The minimum atomic E-state index is 0.414. The standard InChI is InChI=1S/C8H10O.C8H10S.C6H8O2P2.C5H8.C4H6/c2*1-6-4-3-5-7(2)8(6)9;9-7-5-2-1-3-6(4-5)8-10;1-3-5-4-2;1-3-4-2/h2*3-5,9H,1-2H3;1-4H,9-10H2;3H2,1-2H3;1-2H3. The van der Waals surface area contributed by atoms with Crippen molar-refractivity contribution in [1.82, 2.24) is 0 Å². The molecule has 0 aliphatic heterocycles. The molecule has 0 aromatic heterocycles. The van der Waals surface area contributed by atoms with Crippen LogP contribution in [0.5, 0.6) is 17.2 Å². The van der Waals surface area contributed by atoms with Crippen molar-refractivity contribution in [1.29, 1.82) is 0 Å². The second-order valence-electron chi connectivity index (χ2n) is 7.47. The SMILES string of the molecule is CC#CC.CC#CCC.Cc1cccc(C)c1O.Cc1cccc(C)c1S.POc1cccc(OP)c1. The molecule has 200 valence electrons. The number of phenols is 1. The van der Waals surface area contributed by atoms with E-state index in [0.717, 1.165) is 33.9 Å². The Morgan fingerprint density at radius 3 is 1.32 bits per heavy atom. The molecule has 0 fully saturated rings. The molecule has 6 heteroatoms. The van der Waals surface area contributed by atoms with E-state index in [0.29, 0.717) is 5.75 Å². The number of rotatable bonds is 2. The van der Waals surface area contributed by atoms with Crippen LogP contribution in [0, 0.1) is 51.4 Å². The van der Waals surface area contributed by atoms with Crippen molar-refractivity contribution in [3.8, 4) is 40.9 Å². The van der Waals surface area contributed by atoms with Crippen molar-refractivity contribution in [3.05, 3.63) is 82.9 Å². The predicted molar refractivity (Wildman–Crippen MR) is 171 cm³/mol. The third-order valence-corrected chi connectivity index (χ3v) is 5.81. The molecule has 3 aromatic carbocycles. The van der Waals surface area contributed by atoms with Crippen LogP contribution in [-0.2, 0) is 0 Å². The second kappa shape index (κ2) is 23.8. The number of hydrogen-bond acceptors (Lipinski definition) is 4. The van der Waals surface area contributed by atoms with Crippen molar-refractivity contribution >= 4 is 31.6 Å². The van der Waals surface area contributed by atoms with Crippen LogP contribution in [0.15, 0.2) is 65.6 Å². The zero-order chi connectivity index (χ0) is 28.6. The third kappa shape index (κ3) is 18.3. The van der Waals surface area contributed by atoms with E-state index in [9.17, 15) is 5.11 Å². The zero-order valence-electron chi connectivity index (χ0n) is 23.3. The fourth-order valence-electron chi connectivity index (χ4n) is 2.41. The lowest BCUT2D eigenvalue weighted by Gasteiger charge is -2.00. The van der Waals surface area contributed by atoms with E-state index in [1.165, 1.54) is 11.1 Å². The fraction of sp³-hybridized carbons (Fsp3) is 0.290. The molecule has 0 heterocycles. The van der Waals surface area contributed by atoms with Crippen molar-refractivity contribution < 1.29 is 14.2 Å². The van der Waals surface area contributed by atoms with Gasteiger partial charge in [-0.3, -0.25) is 0 Å². The maximum absolute atomic E-state index is 9.21. The summed E-state index contributed by atoms with van der Waals surface area (Å²) >= 11 is 4.31. The average molecular weight is 557 g/mol. The van der Waals surface area contributed by atoms with Gasteiger partial charge in [-0.15, -0.1) is 36.3 Å². The smallest absolute Gasteiger partial charge is 0.126 e. The number of para-hydroxylation sites is 1. The molecule has 0 saturated carbocycles. The van der Waals surface area contributed by atoms with E-state index < -0.39 is 0 Å². The summed E-state index contributed by atoms with van der Waals surface area (Å²) in [5.74, 6) is 12.9. The van der Waals surface area contributed by atoms with Crippen LogP contribution in [0.25, 0.3) is 0 Å². The fourth-order valence-corrected chi connectivity index (χ4v) is 2.85. The lowest BCUT2D eigenvalue weighted by Crippen LogP contribution is -1.78. The van der Waals surface area contributed by atoms with Gasteiger partial charge in [-0.05, 0) is 82.9 Å². The van der Waals surface area contributed by atoms with Crippen LogP contribution >= 0.6 is 31.6 Å². The molecular formula is C31H42O3P2S. The summed E-state index contributed by atoms with van der Waals surface area (Å²) in [5.41, 5.74) is 4.38. The van der Waals surface area contributed by atoms with Crippen LogP contribution < -0.4 is 9.05 Å². The Bertz CT molecular complexity index is 1040. The van der Waals surface area contributed by atoms with Gasteiger partial charge < -0.3 is 14.2 Å². The summed E-state index contributed by atoms with van der Waals surface area (Å²) in [6, 6.07) is 19.2. The quantitative estimate of drug-likeness (QED) is 0.188. The average Bonchev–Trinajstić information content (AvgIpc) is 2.92. The third-order valence-electron chi connectivity index (χ3n) is 4.56. The van der Waals surface area contributed by atoms with Crippen molar-refractivity contribution in [2.45, 2.75) is 66.7 Å². The molecule has 0 saturated heterocycles. The Labute approximate surface area is 235 Å². The van der Waals surface area contributed by atoms with Crippen molar-refractivity contribution in [2.24, 2.45) is 0 Å². The first-order chi connectivity index (χ1) is 17.6. The second-order valence-corrected chi connectivity index (χ2v) is 8.39. The van der Waals surface area contributed by atoms with Crippen molar-refractivity contribution in [2.75, 3.05) is 0 Å². The highest BCUT2D eigenvalue weighted by atomic mass is 32.1. The van der Waals surface area contributed by atoms with Crippen LogP contribution in [-0.4, -0.2) is 5.11 Å². The molecule has 0 spiro atoms. The monoisotopic (exact) mass is 556 g/mol. The molecule has 0 radical (unpaired) electrons. The summed E-state index contributed by atoms with van der Waals surface area (Å²) in [7, 11) is 4.35. The number of benzene rings is 3. The summed E-state index contributed by atoms with van der Waals surface area (Å²) in [6.07, 6.45) is 0.983. The number of aryl methyl sites for hydroxylation is 4. The topological polar surface area (TPSA) is 38.7 Å². The summed E-state index contributed by atoms with van der Waals surface area (Å²) < 4.78 is 9.77. The van der Waals surface area contributed by atoms with Gasteiger partial charge >= 0.3 is 0 Å². The highest BCUT2D eigenvalue weighted by Gasteiger charge is 1.95. The first-order valence-corrected chi connectivity index (χ1v) is 13.1. The normalized spacial score (nSPS) is 8.19. The van der Waals surface area contributed by atoms with Gasteiger partial charge in [0.1, 0.15) is 17.2 Å². The van der Waals surface area contributed by atoms with Gasteiger partial charge in [0, 0.05) is 17.4 Å². The molecule has 3 rings (SSSR count). The van der Waals surface area contributed by atoms with Gasteiger partial charge in [0.25, 0.3) is 0 Å². The van der Waals surface area contributed by atoms with Gasteiger partial charge in [0.15, 0.2) is 0 Å². The molecule has 1 N–H and O–H groups in total. The molecule has 0 aliphatic rings. The first-order valence-electron chi connectivity index (χ1n) is 11.7. The van der Waals surface area contributed by atoms with Crippen LogP contribution in [0.2, 0.25) is 0 Å². The van der Waals surface area contributed by atoms with Crippen LogP contribution in [0.1, 0.15) is 56.4 Å². The van der Waals surface area contributed by atoms with Gasteiger partial charge in [-0.1, -0.05) is 49.4 Å². The molecule has 2 atom stereocenters. The number of thiol groups is 1.